The summed E-state index contributed by atoms with van der Waals surface area (Å²) in [6.45, 7) is 13.2. The van der Waals surface area contributed by atoms with Gasteiger partial charge in [0.25, 0.3) is 10.0 Å². The molecular formula is C42H52N4O8S. The maximum atomic E-state index is 13.7. The lowest BCUT2D eigenvalue weighted by Gasteiger charge is -2.35. The van der Waals surface area contributed by atoms with Crippen LogP contribution in [-0.2, 0) is 40.3 Å². The number of rotatable bonds is 15. The van der Waals surface area contributed by atoms with Crippen molar-refractivity contribution in [1.82, 2.24) is 10.0 Å². The lowest BCUT2D eigenvalue weighted by Crippen LogP contribution is -2.44. The van der Waals surface area contributed by atoms with Gasteiger partial charge in [0.2, 0.25) is 11.9 Å². The Balaban J connectivity index is 1.26. The number of fused-ring (bicyclic) bond motifs is 4. The van der Waals surface area contributed by atoms with E-state index in [1.165, 1.54) is 13.2 Å². The van der Waals surface area contributed by atoms with Crippen LogP contribution in [0.25, 0.3) is 11.1 Å². The number of esters is 2. The van der Waals surface area contributed by atoms with Crippen LogP contribution in [-0.4, -0.2) is 64.1 Å². The third-order valence-corrected chi connectivity index (χ3v) is 12.2. The molecule has 1 amide bonds. The first-order valence-electron chi connectivity index (χ1n) is 18.6. The predicted octanol–water partition coefficient (Wildman–Crippen LogP) is 5.68. The molecule has 0 fully saturated rings. The first-order valence-corrected chi connectivity index (χ1v) is 20.0. The molecule has 55 heavy (non-hydrogen) atoms. The smallest absolute Gasteiger partial charge is 0.328 e. The molecule has 3 aromatic carbocycles. The summed E-state index contributed by atoms with van der Waals surface area (Å²) in [4.78, 5) is 43.6. The fraction of sp³-hybridized carbons (Fsp3) is 0.429. The maximum Gasteiger partial charge on any atom is 0.328 e. The minimum absolute atomic E-state index is 0.0556. The van der Waals surface area contributed by atoms with E-state index in [1.54, 1.807) is 13.8 Å². The molecule has 0 saturated carbocycles. The first kappa shape index (κ1) is 41.0. The van der Waals surface area contributed by atoms with Gasteiger partial charge in [-0.15, -0.1) is 6.58 Å². The number of hydrogen-bond donors (Lipinski definition) is 3. The van der Waals surface area contributed by atoms with E-state index in [0.717, 1.165) is 45.6 Å². The van der Waals surface area contributed by atoms with Crippen molar-refractivity contribution < 1.29 is 37.0 Å². The molecule has 4 N–H and O–H groups in total. The number of carbonyl (C=O) groups excluding carboxylic acids is 3. The number of amides is 1. The lowest BCUT2D eigenvalue weighted by atomic mass is 9.88. The number of nitrogens with zero attached hydrogens (tertiary/aromatic N) is 1. The highest BCUT2D eigenvalue weighted by molar-refractivity contribution is 7.90. The zero-order valence-electron chi connectivity index (χ0n) is 32.5. The number of aliphatic imine (C=N–C) groups is 1. The molecule has 2 aliphatic rings. The third kappa shape index (κ3) is 9.21. The Hall–Kier alpha value is -5.17. The highest BCUT2D eigenvalue weighted by atomic mass is 32.2. The quantitative estimate of drug-likeness (QED) is 0.0577. The Morgan fingerprint density at radius 3 is 2.29 bits per heavy atom. The molecule has 3 aromatic rings. The minimum Gasteiger partial charge on any atom is -0.487 e. The second-order valence-corrected chi connectivity index (χ2v) is 16.4. The van der Waals surface area contributed by atoms with Crippen LogP contribution in [0.15, 0.2) is 71.1 Å². The topological polar surface area (TPSA) is 175 Å². The summed E-state index contributed by atoms with van der Waals surface area (Å²) in [5, 5.41) is 2.68. The van der Waals surface area contributed by atoms with Gasteiger partial charge in [0, 0.05) is 18.4 Å². The van der Waals surface area contributed by atoms with Crippen LogP contribution >= 0.6 is 0 Å². The number of methoxy groups -OCH3 is 1. The van der Waals surface area contributed by atoms with Crippen molar-refractivity contribution in [2.75, 3.05) is 20.3 Å². The molecule has 2 atom stereocenters. The molecule has 0 aromatic heterocycles. The number of ether oxygens (including phenoxy) is 3. The van der Waals surface area contributed by atoms with Crippen LogP contribution < -0.4 is 20.5 Å². The van der Waals surface area contributed by atoms with E-state index in [4.69, 9.17) is 19.9 Å². The molecule has 13 heteroatoms. The van der Waals surface area contributed by atoms with E-state index in [9.17, 15) is 22.8 Å². The average Bonchev–Trinajstić information content (AvgIpc) is 3.46. The number of guanidine groups is 1. The molecule has 1 aliphatic carbocycles. The van der Waals surface area contributed by atoms with Crippen LogP contribution in [0.3, 0.4) is 0 Å². The lowest BCUT2D eigenvalue weighted by molar-refractivity contribution is -0.148. The van der Waals surface area contributed by atoms with Crippen molar-refractivity contribution in [3.05, 3.63) is 94.6 Å². The molecule has 0 saturated heterocycles. The minimum atomic E-state index is -4.11. The van der Waals surface area contributed by atoms with E-state index in [0.29, 0.717) is 17.5 Å². The summed E-state index contributed by atoms with van der Waals surface area (Å²) in [5.74, 6) is -2.38. The Morgan fingerprint density at radius 2 is 1.67 bits per heavy atom. The Bertz CT molecular complexity index is 2060. The van der Waals surface area contributed by atoms with E-state index in [-0.39, 0.29) is 61.2 Å². The second kappa shape index (κ2) is 17.1. The normalized spacial score (nSPS) is 15.7. The zero-order chi connectivity index (χ0) is 40.1. The third-order valence-electron chi connectivity index (χ3n) is 10.5. The van der Waals surface area contributed by atoms with Gasteiger partial charge in [-0.25, -0.2) is 17.9 Å². The van der Waals surface area contributed by atoms with Crippen LogP contribution in [0.1, 0.15) is 85.3 Å². The number of hydrogen-bond acceptors (Lipinski definition) is 9. The van der Waals surface area contributed by atoms with Gasteiger partial charge in [0.15, 0.2) is 0 Å². The molecule has 1 heterocycles. The van der Waals surface area contributed by atoms with Crippen molar-refractivity contribution in [2.24, 2.45) is 16.6 Å². The van der Waals surface area contributed by atoms with Gasteiger partial charge < -0.3 is 25.3 Å². The summed E-state index contributed by atoms with van der Waals surface area (Å²) in [6.07, 6.45) is 3.23. The average molecular weight is 773 g/mol. The molecule has 0 spiro atoms. The zero-order valence-corrected chi connectivity index (χ0v) is 33.3. The number of nitrogens with two attached hydrogens (primary N) is 1. The van der Waals surface area contributed by atoms with Gasteiger partial charge >= 0.3 is 11.9 Å². The van der Waals surface area contributed by atoms with E-state index in [2.05, 4.69) is 21.6 Å². The largest absolute Gasteiger partial charge is 0.487 e. The Morgan fingerprint density at radius 1 is 1.04 bits per heavy atom. The highest BCUT2D eigenvalue weighted by Crippen LogP contribution is 2.45. The summed E-state index contributed by atoms with van der Waals surface area (Å²) in [5.41, 5.74) is 12.9. The number of sulfonamides is 1. The molecule has 0 bridgehead atoms. The Kier molecular flexibility index (Phi) is 12.7. The standard InChI is InChI=1S/C42H52N4O8S/c1-8-14-35(40(49)52-7)45-39(48)28(23-36(47)53-24-34-32-18-11-9-16-30(32)31-17-10-12-19-33(31)34)15-13-22-44-41(43)46-55(50,51)38-26(3)25(2)37-29(27(38)4)20-21-42(5,6)54-37/h8-12,16-19,28,34-35H,1,13-15,20-24H2,2-7H3,(H,45,48)(H3,43,44,46)/t28-,35-/m0/s1. The predicted molar refractivity (Wildman–Crippen MR) is 211 cm³/mol. The SMILES string of the molecule is C=CC[C@H](NC(=O)[C@@H](CCCN=C(N)NS(=O)(=O)c1c(C)c(C)c2c(c1C)CCC(C)(C)O2)CC(=O)OCC1c2ccccc2-c2ccccc21)C(=O)OC. The van der Waals surface area contributed by atoms with Gasteiger partial charge in [-0.3, -0.25) is 14.6 Å². The van der Waals surface area contributed by atoms with Gasteiger partial charge in [-0.2, -0.15) is 0 Å². The molecule has 294 valence electrons. The molecule has 5 rings (SSSR count). The summed E-state index contributed by atoms with van der Waals surface area (Å²) in [6, 6.07) is 15.0. The monoisotopic (exact) mass is 772 g/mol. The van der Waals surface area contributed by atoms with E-state index < -0.39 is 39.8 Å². The second-order valence-electron chi connectivity index (χ2n) is 14.8. The molecule has 0 radical (unpaired) electrons. The molecule has 1 aliphatic heterocycles. The van der Waals surface area contributed by atoms with Crippen molar-refractivity contribution in [3.63, 3.8) is 0 Å². The van der Waals surface area contributed by atoms with Gasteiger partial charge in [-0.05, 0) is 111 Å². The van der Waals surface area contributed by atoms with E-state index >= 15 is 0 Å². The Labute approximate surface area is 324 Å². The number of carbonyl (C=O) groups is 3. The molecule has 0 unspecified atom stereocenters. The van der Waals surface area contributed by atoms with E-state index in [1.807, 2.05) is 69.3 Å². The van der Waals surface area contributed by atoms with Crippen molar-refractivity contribution >= 4 is 33.8 Å². The fourth-order valence-corrected chi connectivity index (χ4v) is 9.05. The summed E-state index contributed by atoms with van der Waals surface area (Å²) < 4.78 is 46.6. The molecular weight excluding hydrogens is 721 g/mol. The first-order chi connectivity index (χ1) is 26.1. The van der Waals surface area contributed by atoms with Crippen LogP contribution in [0.2, 0.25) is 0 Å². The van der Waals surface area contributed by atoms with Crippen molar-refractivity contribution in [3.8, 4) is 16.9 Å². The summed E-state index contributed by atoms with van der Waals surface area (Å²) in [7, 11) is -2.89. The van der Waals surface area contributed by atoms with Crippen molar-refractivity contribution in [2.45, 2.75) is 95.6 Å². The number of benzene rings is 3. The maximum absolute atomic E-state index is 13.7. The van der Waals surface area contributed by atoms with Crippen LogP contribution in [0, 0.1) is 26.7 Å². The molecule has 12 nitrogen and oxygen atoms in total. The highest BCUT2D eigenvalue weighted by Gasteiger charge is 2.34. The van der Waals surface area contributed by atoms with Crippen LogP contribution in [0.4, 0.5) is 0 Å². The van der Waals surface area contributed by atoms with Gasteiger partial charge in [0.1, 0.15) is 24.0 Å². The van der Waals surface area contributed by atoms with Gasteiger partial charge in [-0.1, -0.05) is 54.6 Å². The van der Waals surface area contributed by atoms with Crippen LogP contribution in [0.5, 0.6) is 5.75 Å². The number of nitrogens with one attached hydrogen (secondary N) is 2. The fourth-order valence-electron chi connectivity index (χ4n) is 7.52. The van der Waals surface area contributed by atoms with Crippen molar-refractivity contribution in [1.29, 1.82) is 0 Å². The van der Waals surface area contributed by atoms with Gasteiger partial charge in [0.05, 0.1) is 18.4 Å². The summed E-state index contributed by atoms with van der Waals surface area (Å²) >= 11 is 0.